The van der Waals surface area contributed by atoms with E-state index in [1.165, 1.54) is 0 Å². The fraction of sp³-hybridized carbons (Fsp3) is 0.481. The monoisotopic (exact) mass is 516 g/mol. The van der Waals surface area contributed by atoms with Crippen molar-refractivity contribution in [2.24, 2.45) is 0 Å². The minimum absolute atomic E-state index is 0.108. The van der Waals surface area contributed by atoms with Crippen LogP contribution in [0.1, 0.15) is 67.3 Å². The summed E-state index contributed by atoms with van der Waals surface area (Å²) in [5.41, 5.74) is 1.50. The Morgan fingerprint density at radius 1 is 0.861 bits per heavy atom. The minimum Gasteiger partial charge on any atom is -0.507 e. The van der Waals surface area contributed by atoms with Crippen molar-refractivity contribution in [2.45, 2.75) is 47.1 Å². The van der Waals surface area contributed by atoms with Crippen LogP contribution in [0, 0.1) is 0 Å². The second kappa shape index (κ2) is 14.7. The van der Waals surface area contributed by atoms with Crippen LogP contribution >= 0.6 is 0 Å². The summed E-state index contributed by atoms with van der Waals surface area (Å²) >= 11 is 0. The van der Waals surface area contributed by atoms with Crippen molar-refractivity contribution >= 4 is 26.2 Å². The molecule has 2 aromatic rings. The van der Waals surface area contributed by atoms with Gasteiger partial charge in [-0.1, -0.05) is 18.2 Å². The number of ketones is 1. The molecule has 0 saturated carbocycles. The van der Waals surface area contributed by atoms with Gasteiger partial charge >= 0.3 is 8.80 Å². The van der Waals surface area contributed by atoms with Gasteiger partial charge in [-0.05, 0) is 59.2 Å². The molecular formula is C27H40N2O6Si. The van der Waals surface area contributed by atoms with Crippen LogP contribution in [0.5, 0.6) is 5.75 Å². The molecule has 0 radical (unpaired) electrons. The van der Waals surface area contributed by atoms with Crippen molar-refractivity contribution < 1.29 is 28.0 Å². The number of carbonyl (C=O) groups is 2. The van der Waals surface area contributed by atoms with E-state index in [-0.39, 0.29) is 28.3 Å². The zero-order valence-corrected chi connectivity index (χ0v) is 23.1. The summed E-state index contributed by atoms with van der Waals surface area (Å²) in [4.78, 5) is 28.4. The Morgan fingerprint density at radius 3 is 1.97 bits per heavy atom. The lowest BCUT2D eigenvalue weighted by Crippen LogP contribution is -2.46. The molecule has 0 fully saturated rings. The largest absolute Gasteiger partial charge is 0.507 e. The highest BCUT2D eigenvalue weighted by Crippen LogP contribution is 2.28. The number of hydrogen-bond donors (Lipinski definition) is 2. The quantitative estimate of drug-likeness (QED) is 0.191. The van der Waals surface area contributed by atoms with Crippen molar-refractivity contribution in [3.63, 3.8) is 0 Å². The highest BCUT2D eigenvalue weighted by molar-refractivity contribution is 6.60. The Balaban J connectivity index is 2.12. The molecular weight excluding hydrogens is 476 g/mol. The first-order valence-electron chi connectivity index (χ1n) is 12.8. The predicted octanol–water partition coefficient (Wildman–Crippen LogP) is 4.64. The van der Waals surface area contributed by atoms with Crippen molar-refractivity contribution in [2.75, 3.05) is 44.4 Å². The Labute approximate surface area is 215 Å². The van der Waals surface area contributed by atoms with Crippen LogP contribution in [0.2, 0.25) is 6.04 Å². The third kappa shape index (κ3) is 7.64. The van der Waals surface area contributed by atoms with E-state index in [1.807, 2.05) is 40.7 Å². The molecule has 0 aliphatic carbocycles. The molecule has 0 saturated heterocycles. The average molecular weight is 517 g/mol. The third-order valence-electron chi connectivity index (χ3n) is 5.81. The molecule has 2 aromatic carbocycles. The fourth-order valence-corrected chi connectivity index (χ4v) is 6.74. The molecule has 0 aliphatic rings. The number of nitrogens with zero attached hydrogens (tertiary/aromatic N) is 1. The zero-order chi connectivity index (χ0) is 26.6. The molecule has 9 heteroatoms. The number of phenols is 1. The van der Waals surface area contributed by atoms with Crippen molar-refractivity contribution in [3.8, 4) is 5.75 Å². The van der Waals surface area contributed by atoms with Crippen LogP contribution < -0.4 is 10.2 Å². The Bertz CT molecular complexity index is 979. The molecule has 0 heterocycles. The summed E-state index contributed by atoms with van der Waals surface area (Å²) in [5.74, 6) is -0.863. The van der Waals surface area contributed by atoms with Crippen LogP contribution in [0.25, 0.3) is 0 Å². The van der Waals surface area contributed by atoms with E-state index < -0.39 is 14.6 Å². The van der Waals surface area contributed by atoms with Crippen LogP contribution in [-0.2, 0) is 13.3 Å². The van der Waals surface area contributed by atoms with Gasteiger partial charge in [0.1, 0.15) is 5.75 Å². The fourth-order valence-electron chi connectivity index (χ4n) is 4.12. The number of rotatable bonds is 16. The topological polar surface area (TPSA) is 97.3 Å². The van der Waals surface area contributed by atoms with Gasteiger partial charge in [0.15, 0.2) is 5.78 Å². The van der Waals surface area contributed by atoms with Gasteiger partial charge in [-0.2, -0.15) is 0 Å². The second-order valence-corrected chi connectivity index (χ2v) is 10.8. The van der Waals surface area contributed by atoms with Gasteiger partial charge < -0.3 is 28.6 Å². The molecule has 0 atom stereocenters. The molecule has 8 nitrogen and oxygen atoms in total. The number of aromatic hydroxyl groups is 1. The predicted molar refractivity (Wildman–Crippen MR) is 144 cm³/mol. The molecule has 0 unspecified atom stereocenters. The minimum atomic E-state index is -2.78. The summed E-state index contributed by atoms with van der Waals surface area (Å²) in [6, 6.07) is 12.2. The van der Waals surface area contributed by atoms with E-state index in [0.717, 1.165) is 18.8 Å². The standard InChI is InChI=1S/C27H40N2O6Si/c1-6-29(7-2)21-16-17-24(25(30)20-21)26(31)22-14-11-12-15-23(22)27(32)28-18-13-19-36(33-8-3,34-9-4)35-10-5/h11-12,14-17,20,30H,6-10,13,18-19H2,1-5H3,(H,28,32). The summed E-state index contributed by atoms with van der Waals surface area (Å²) in [6.45, 7) is 13.2. The maximum absolute atomic E-state index is 13.3. The number of benzene rings is 2. The Morgan fingerprint density at radius 2 is 1.44 bits per heavy atom. The average Bonchev–Trinajstić information content (AvgIpc) is 2.87. The van der Waals surface area contributed by atoms with Crippen molar-refractivity contribution in [1.29, 1.82) is 0 Å². The van der Waals surface area contributed by atoms with Gasteiger partial charge in [-0.3, -0.25) is 9.59 Å². The van der Waals surface area contributed by atoms with Gasteiger partial charge in [0.25, 0.3) is 5.91 Å². The lowest BCUT2D eigenvalue weighted by Gasteiger charge is -2.28. The first-order valence-corrected chi connectivity index (χ1v) is 14.7. The van der Waals surface area contributed by atoms with Crippen LogP contribution in [0.15, 0.2) is 42.5 Å². The maximum Gasteiger partial charge on any atom is 0.500 e. The van der Waals surface area contributed by atoms with Gasteiger partial charge in [0.05, 0.1) is 11.1 Å². The lowest BCUT2D eigenvalue weighted by molar-refractivity contribution is 0.0704. The van der Waals surface area contributed by atoms with Crippen LogP contribution in [0.3, 0.4) is 0 Å². The molecule has 36 heavy (non-hydrogen) atoms. The molecule has 0 bridgehead atoms. The SMILES string of the molecule is CCO[Si](CCCNC(=O)c1ccccc1C(=O)c1ccc(N(CC)CC)cc1O)(OCC)OCC. The second-order valence-electron chi connectivity index (χ2n) is 8.09. The van der Waals surface area contributed by atoms with Gasteiger partial charge in [0, 0.05) is 62.8 Å². The van der Waals surface area contributed by atoms with Crippen molar-refractivity contribution in [1.82, 2.24) is 5.32 Å². The van der Waals surface area contributed by atoms with E-state index >= 15 is 0 Å². The number of anilines is 1. The molecule has 0 aliphatic heterocycles. The molecule has 1 amide bonds. The third-order valence-corrected chi connectivity index (χ3v) is 8.96. The molecule has 0 spiro atoms. The van der Waals surface area contributed by atoms with E-state index in [4.69, 9.17) is 13.3 Å². The van der Waals surface area contributed by atoms with Crippen LogP contribution in [0.4, 0.5) is 5.69 Å². The first-order chi connectivity index (χ1) is 17.4. The van der Waals surface area contributed by atoms with Crippen molar-refractivity contribution in [3.05, 3.63) is 59.2 Å². The van der Waals surface area contributed by atoms with Crippen LogP contribution in [-0.4, -0.2) is 65.1 Å². The highest BCUT2D eigenvalue weighted by Gasteiger charge is 2.39. The van der Waals surface area contributed by atoms with Gasteiger partial charge in [0.2, 0.25) is 0 Å². The number of phenolic OH excluding ortho intramolecular Hbond substituents is 1. The molecule has 198 valence electrons. The zero-order valence-electron chi connectivity index (χ0n) is 22.1. The number of carbonyl (C=O) groups excluding carboxylic acids is 2. The summed E-state index contributed by atoms with van der Waals surface area (Å²) < 4.78 is 17.6. The number of nitrogens with one attached hydrogen (secondary N) is 1. The Hall–Kier alpha value is -2.72. The molecule has 2 rings (SSSR count). The molecule has 2 N–H and O–H groups in total. The van der Waals surface area contributed by atoms with E-state index in [2.05, 4.69) is 10.2 Å². The summed E-state index contributed by atoms with van der Waals surface area (Å²) in [7, 11) is -2.78. The van der Waals surface area contributed by atoms with E-state index in [0.29, 0.717) is 38.8 Å². The van der Waals surface area contributed by atoms with E-state index in [9.17, 15) is 14.7 Å². The van der Waals surface area contributed by atoms with Gasteiger partial charge in [-0.25, -0.2) is 0 Å². The number of hydrogen-bond acceptors (Lipinski definition) is 7. The highest BCUT2D eigenvalue weighted by atomic mass is 28.4. The smallest absolute Gasteiger partial charge is 0.500 e. The summed E-state index contributed by atoms with van der Waals surface area (Å²) in [5, 5.41) is 13.5. The maximum atomic E-state index is 13.3. The first kappa shape index (κ1) is 29.5. The molecule has 0 aromatic heterocycles. The lowest BCUT2D eigenvalue weighted by atomic mass is 9.97. The normalized spacial score (nSPS) is 11.4. The van der Waals surface area contributed by atoms with Gasteiger partial charge in [-0.15, -0.1) is 0 Å². The summed E-state index contributed by atoms with van der Waals surface area (Å²) in [6.07, 6.45) is 0.613. The number of amides is 1. The van der Waals surface area contributed by atoms with E-state index in [1.54, 1.807) is 36.4 Å². The Kier molecular flexibility index (Phi) is 12.1.